The molecular formula is C38H62O2S2. The first-order valence-electron chi connectivity index (χ1n) is 18.3. The van der Waals surface area contributed by atoms with Crippen molar-refractivity contribution in [1.29, 1.82) is 0 Å². The van der Waals surface area contributed by atoms with Gasteiger partial charge in [-0.1, -0.05) is 88.9 Å². The molecule has 2 nitrogen and oxygen atoms in total. The van der Waals surface area contributed by atoms with Gasteiger partial charge in [-0.3, -0.25) is 0 Å². The first kappa shape index (κ1) is 34.6. The van der Waals surface area contributed by atoms with Crippen LogP contribution in [0.5, 0.6) is 0 Å². The molecule has 4 atom stereocenters. The van der Waals surface area contributed by atoms with Gasteiger partial charge in [0.05, 0.1) is 22.7 Å². The van der Waals surface area contributed by atoms with E-state index in [0.717, 1.165) is 23.7 Å². The smallest absolute Gasteiger partial charge is 0.0660 e. The normalized spacial score (nSPS) is 33.1. The van der Waals surface area contributed by atoms with E-state index in [0.29, 0.717) is 34.5 Å². The number of ether oxygens (including phenoxy) is 2. The van der Waals surface area contributed by atoms with E-state index in [9.17, 15) is 0 Å². The third-order valence-electron chi connectivity index (χ3n) is 9.97. The fraction of sp³-hybridized carbons (Fsp3) is 0.895. The first-order valence-corrected chi connectivity index (χ1v) is 20.2. The third kappa shape index (κ3) is 13.0. The monoisotopic (exact) mass is 614 g/mol. The van der Waals surface area contributed by atoms with Crippen LogP contribution >= 0.6 is 23.5 Å². The molecule has 4 heteroatoms. The van der Waals surface area contributed by atoms with Crippen molar-refractivity contribution in [1.82, 2.24) is 0 Å². The lowest BCUT2D eigenvalue weighted by Crippen LogP contribution is -2.21. The third-order valence-corrected chi connectivity index (χ3v) is 13.3. The van der Waals surface area contributed by atoms with Gasteiger partial charge in [0.2, 0.25) is 0 Å². The summed E-state index contributed by atoms with van der Waals surface area (Å²) in [4.78, 5) is 0. The van der Waals surface area contributed by atoms with Gasteiger partial charge in [0.15, 0.2) is 0 Å². The Bertz CT molecular complexity index is 767. The highest BCUT2D eigenvalue weighted by molar-refractivity contribution is 8.04. The van der Waals surface area contributed by atoms with E-state index in [1.165, 1.54) is 141 Å². The molecule has 0 spiro atoms. The van der Waals surface area contributed by atoms with Crippen molar-refractivity contribution >= 4 is 23.5 Å². The number of hydrogen-bond donors (Lipinski definition) is 0. The number of unbranched alkanes of at least 4 members (excludes halogenated alkanes) is 8. The maximum atomic E-state index is 6.18. The Labute approximate surface area is 269 Å². The second-order valence-corrected chi connectivity index (χ2v) is 16.5. The van der Waals surface area contributed by atoms with E-state index in [1.54, 1.807) is 0 Å². The van der Waals surface area contributed by atoms with Crippen molar-refractivity contribution in [2.45, 2.75) is 188 Å². The molecule has 4 unspecified atom stereocenters. The van der Waals surface area contributed by atoms with E-state index in [2.05, 4.69) is 61.1 Å². The van der Waals surface area contributed by atoms with Gasteiger partial charge in [-0.05, 0) is 89.9 Å². The molecule has 2 saturated heterocycles. The molecule has 2 aliphatic heterocycles. The standard InChI is InChI=1S/C38H62O2S2/c1-3-5-7-9-11-29-39-33-19-13-31(14-20-33)17-23-35-25-27-37(41-35)38-28-26-36(42-38)24-18-32-15-21-34(22-16-32)40-30-12-10-8-6-4-2/h31-38H,3-16,19-22,25-30H2,1-2H3. The van der Waals surface area contributed by atoms with Gasteiger partial charge in [-0.15, -0.1) is 23.5 Å². The Balaban J connectivity index is 1.05. The summed E-state index contributed by atoms with van der Waals surface area (Å²) in [6.45, 7) is 6.49. The summed E-state index contributed by atoms with van der Waals surface area (Å²) in [6.07, 6.45) is 29.3. The van der Waals surface area contributed by atoms with Crippen LogP contribution in [0.25, 0.3) is 0 Å². The lowest BCUT2D eigenvalue weighted by molar-refractivity contribution is 0.0208. The van der Waals surface area contributed by atoms with Gasteiger partial charge in [0, 0.05) is 35.5 Å². The van der Waals surface area contributed by atoms with Gasteiger partial charge in [-0.2, -0.15) is 0 Å². The molecule has 4 aliphatic rings. The molecule has 2 saturated carbocycles. The van der Waals surface area contributed by atoms with E-state index in [1.807, 2.05) is 0 Å². The van der Waals surface area contributed by atoms with E-state index >= 15 is 0 Å². The van der Waals surface area contributed by atoms with Gasteiger partial charge < -0.3 is 9.47 Å². The van der Waals surface area contributed by atoms with Gasteiger partial charge >= 0.3 is 0 Å². The molecule has 4 fully saturated rings. The molecule has 0 N–H and O–H groups in total. The minimum Gasteiger partial charge on any atom is -0.378 e. The van der Waals surface area contributed by atoms with Crippen molar-refractivity contribution in [3.63, 3.8) is 0 Å². The average molecular weight is 615 g/mol. The summed E-state index contributed by atoms with van der Waals surface area (Å²) < 4.78 is 12.4. The molecule has 0 aromatic rings. The largest absolute Gasteiger partial charge is 0.378 e. The van der Waals surface area contributed by atoms with Crippen molar-refractivity contribution in [2.75, 3.05) is 13.2 Å². The fourth-order valence-corrected chi connectivity index (χ4v) is 10.4. The molecule has 0 amide bonds. The van der Waals surface area contributed by atoms with E-state index < -0.39 is 0 Å². The molecule has 0 bridgehead atoms. The quantitative estimate of drug-likeness (QED) is 0.135. The van der Waals surface area contributed by atoms with Crippen LogP contribution in [-0.4, -0.2) is 46.4 Å². The summed E-state index contributed by atoms with van der Waals surface area (Å²) in [6, 6.07) is 0. The Morgan fingerprint density at radius 2 is 0.857 bits per heavy atom. The number of rotatable bonds is 15. The zero-order valence-corrected chi connectivity index (χ0v) is 28.9. The van der Waals surface area contributed by atoms with Crippen LogP contribution in [0.4, 0.5) is 0 Å². The average Bonchev–Trinajstić information content (AvgIpc) is 3.70. The summed E-state index contributed by atoms with van der Waals surface area (Å²) in [5.74, 6) is 16.1. The van der Waals surface area contributed by atoms with Crippen LogP contribution in [0.3, 0.4) is 0 Å². The van der Waals surface area contributed by atoms with Crippen molar-refractivity contribution in [3.8, 4) is 23.7 Å². The molecule has 42 heavy (non-hydrogen) atoms. The summed E-state index contributed by atoms with van der Waals surface area (Å²) in [5.41, 5.74) is 0. The Morgan fingerprint density at radius 3 is 1.26 bits per heavy atom. The second-order valence-electron chi connectivity index (χ2n) is 13.6. The zero-order valence-electron chi connectivity index (χ0n) is 27.2. The maximum Gasteiger partial charge on any atom is 0.0660 e. The molecular weight excluding hydrogens is 553 g/mol. The SMILES string of the molecule is CCCCCCCOC1CCC(C#CC2CCC(C3CCC(C#CC4CCC(OCCCCCCC)CC4)S3)S2)CC1. The van der Waals surface area contributed by atoms with Crippen LogP contribution in [0.1, 0.15) is 155 Å². The van der Waals surface area contributed by atoms with Crippen LogP contribution in [0, 0.1) is 35.5 Å². The number of hydrogen-bond acceptors (Lipinski definition) is 4. The van der Waals surface area contributed by atoms with Crippen molar-refractivity contribution in [2.24, 2.45) is 11.8 Å². The lowest BCUT2D eigenvalue weighted by atomic mass is 9.87. The Hall–Kier alpha value is -0.260. The predicted molar refractivity (Wildman–Crippen MR) is 185 cm³/mol. The summed E-state index contributed by atoms with van der Waals surface area (Å²) >= 11 is 4.39. The summed E-state index contributed by atoms with van der Waals surface area (Å²) in [5, 5.41) is 2.70. The minimum absolute atomic E-state index is 0.494. The van der Waals surface area contributed by atoms with Crippen LogP contribution < -0.4 is 0 Å². The minimum atomic E-state index is 0.494. The van der Waals surface area contributed by atoms with E-state index in [4.69, 9.17) is 9.47 Å². The van der Waals surface area contributed by atoms with Gasteiger partial charge in [0.1, 0.15) is 0 Å². The van der Waals surface area contributed by atoms with E-state index in [-0.39, 0.29) is 0 Å². The second kappa shape index (κ2) is 20.7. The van der Waals surface area contributed by atoms with Crippen LogP contribution in [-0.2, 0) is 9.47 Å². The van der Waals surface area contributed by atoms with Crippen LogP contribution in [0.15, 0.2) is 0 Å². The zero-order chi connectivity index (χ0) is 29.2. The molecule has 0 radical (unpaired) electrons. The molecule has 238 valence electrons. The summed E-state index contributed by atoms with van der Waals surface area (Å²) in [7, 11) is 0. The topological polar surface area (TPSA) is 18.5 Å². The predicted octanol–water partition coefficient (Wildman–Crippen LogP) is 10.6. The highest BCUT2D eigenvalue weighted by Gasteiger charge is 2.36. The Morgan fingerprint density at radius 1 is 0.452 bits per heavy atom. The highest BCUT2D eigenvalue weighted by atomic mass is 32.2. The van der Waals surface area contributed by atoms with Crippen molar-refractivity contribution < 1.29 is 9.47 Å². The van der Waals surface area contributed by atoms with Gasteiger partial charge in [0.25, 0.3) is 0 Å². The maximum absolute atomic E-state index is 6.18. The highest BCUT2D eigenvalue weighted by Crippen LogP contribution is 2.46. The van der Waals surface area contributed by atoms with Crippen molar-refractivity contribution in [3.05, 3.63) is 0 Å². The fourth-order valence-electron chi connectivity index (χ4n) is 7.17. The van der Waals surface area contributed by atoms with Gasteiger partial charge in [-0.25, -0.2) is 0 Å². The van der Waals surface area contributed by atoms with Crippen LogP contribution in [0.2, 0.25) is 0 Å². The Kier molecular flexibility index (Phi) is 17.1. The lowest BCUT2D eigenvalue weighted by Gasteiger charge is -2.26. The number of thioether (sulfide) groups is 2. The first-order chi connectivity index (χ1) is 20.7. The molecule has 2 aliphatic carbocycles. The molecule has 4 rings (SSSR count). The molecule has 2 heterocycles. The molecule has 0 aromatic carbocycles. The molecule has 0 aromatic heterocycles.